The molecule has 0 bridgehead atoms. The fraction of sp³-hybridized carbons (Fsp3) is 0. The minimum Gasteiger partial charge on any atom is -0.422 e. The van der Waals surface area contributed by atoms with Crippen molar-refractivity contribution in [2.24, 2.45) is 0 Å². The van der Waals surface area contributed by atoms with Crippen LogP contribution < -0.4 is 0 Å². The summed E-state index contributed by atoms with van der Waals surface area (Å²) in [4.78, 5) is 11.6. The highest BCUT2D eigenvalue weighted by Crippen LogP contribution is 2.35. The van der Waals surface area contributed by atoms with Crippen molar-refractivity contribution in [1.82, 2.24) is 0 Å². The smallest absolute Gasteiger partial charge is 0.347 e. The van der Waals surface area contributed by atoms with E-state index in [0.29, 0.717) is 5.56 Å². The van der Waals surface area contributed by atoms with Crippen LogP contribution in [-0.2, 0) is 4.74 Å². The number of esters is 1. The maximum Gasteiger partial charge on any atom is 0.347 e. The third-order valence-electron chi connectivity index (χ3n) is 2.90. The fourth-order valence-corrected chi connectivity index (χ4v) is 2.46. The predicted molar refractivity (Wildman–Crippen MR) is 73.8 cm³/mol. The Balaban J connectivity index is 2.16. The summed E-state index contributed by atoms with van der Waals surface area (Å²) in [6.07, 6.45) is 1.50. The Labute approximate surface area is 121 Å². The van der Waals surface area contributed by atoms with Gasteiger partial charge in [0.05, 0.1) is 5.56 Å². The molecule has 1 aliphatic heterocycles. The van der Waals surface area contributed by atoms with Gasteiger partial charge in [-0.2, -0.15) is 0 Å². The van der Waals surface area contributed by atoms with Gasteiger partial charge in [0, 0.05) is 4.47 Å². The van der Waals surface area contributed by atoms with E-state index < -0.39 is 17.6 Å². The first-order valence-electron chi connectivity index (χ1n) is 5.74. The monoisotopic (exact) mass is 336 g/mol. The molecule has 0 unspecified atom stereocenters. The first-order chi connectivity index (χ1) is 9.56. The molecule has 20 heavy (non-hydrogen) atoms. The van der Waals surface area contributed by atoms with Crippen LogP contribution in [0.5, 0.6) is 0 Å². The highest BCUT2D eigenvalue weighted by Gasteiger charge is 2.32. The quantitative estimate of drug-likeness (QED) is 0.721. The van der Waals surface area contributed by atoms with E-state index in [-0.39, 0.29) is 16.9 Å². The molecule has 2 aromatic rings. The number of rotatable bonds is 1. The van der Waals surface area contributed by atoms with Gasteiger partial charge in [0.2, 0.25) is 0 Å². The third-order valence-corrected chi connectivity index (χ3v) is 3.40. The lowest BCUT2D eigenvalue weighted by atomic mass is 10.1. The Morgan fingerprint density at radius 2 is 1.75 bits per heavy atom. The second-order valence-corrected chi connectivity index (χ2v) is 5.15. The minimum atomic E-state index is -0.877. The number of halogens is 3. The topological polar surface area (TPSA) is 26.3 Å². The zero-order valence-corrected chi connectivity index (χ0v) is 11.6. The third kappa shape index (κ3) is 2.14. The molecule has 3 rings (SSSR count). The van der Waals surface area contributed by atoms with Crippen LogP contribution in [0.25, 0.3) is 11.8 Å². The van der Waals surface area contributed by atoms with Gasteiger partial charge in [0.15, 0.2) is 0 Å². The van der Waals surface area contributed by atoms with Crippen molar-refractivity contribution >= 4 is 33.7 Å². The molecule has 5 heteroatoms. The Kier molecular flexibility index (Phi) is 3.14. The van der Waals surface area contributed by atoms with E-state index in [1.807, 2.05) is 6.07 Å². The molecule has 1 heterocycles. The van der Waals surface area contributed by atoms with Crippen LogP contribution >= 0.6 is 15.9 Å². The number of ether oxygens (including phenoxy) is 1. The van der Waals surface area contributed by atoms with Gasteiger partial charge in [-0.15, -0.1) is 0 Å². The van der Waals surface area contributed by atoms with Crippen LogP contribution in [-0.4, -0.2) is 5.97 Å². The van der Waals surface area contributed by atoms with Crippen LogP contribution in [0.1, 0.15) is 21.5 Å². The Bertz CT molecular complexity index is 754. The van der Waals surface area contributed by atoms with Gasteiger partial charge in [0.1, 0.15) is 23.0 Å². The van der Waals surface area contributed by atoms with Gasteiger partial charge in [-0.1, -0.05) is 28.1 Å². The summed E-state index contributed by atoms with van der Waals surface area (Å²) in [6, 6.07) is 9.05. The summed E-state index contributed by atoms with van der Waals surface area (Å²) in [5, 5.41) is 0. The maximum absolute atomic E-state index is 13.8. The second kappa shape index (κ2) is 4.83. The summed E-state index contributed by atoms with van der Waals surface area (Å²) < 4.78 is 33.2. The number of hydrogen-bond donors (Lipinski definition) is 0. The number of cyclic esters (lactones) is 1. The van der Waals surface area contributed by atoms with E-state index >= 15 is 0 Å². The molecule has 0 radical (unpaired) electrons. The largest absolute Gasteiger partial charge is 0.422 e. The average molecular weight is 337 g/mol. The molecule has 0 saturated carbocycles. The Morgan fingerprint density at radius 1 is 1.05 bits per heavy atom. The van der Waals surface area contributed by atoms with Gasteiger partial charge in [0.25, 0.3) is 0 Å². The van der Waals surface area contributed by atoms with Crippen LogP contribution in [0.3, 0.4) is 0 Å². The van der Waals surface area contributed by atoms with Gasteiger partial charge >= 0.3 is 5.97 Å². The number of fused-ring (bicyclic) bond motifs is 1. The van der Waals surface area contributed by atoms with E-state index in [1.165, 1.54) is 6.08 Å². The molecule has 0 amide bonds. The highest BCUT2D eigenvalue weighted by molar-refractivity contribution is 9.10. The zero-order valence-electron chi connectivity index (χ0n) is 9.99. The molecule has 0 fully saturated rings. The standard InChI is InChI=1S/C15H7BrF2O2/c16-9-3-1-2-8(6-9)7-12-13-10(17)4-5-11(18)14(13)15(19)20-12/h1-7H/b12-7-. The molecular formula is C15H7BrF2O2. The molecule has 1 aliphatic rings. The van der Waals surface area contributed by atoms with E-state index in [4.69, 9.17) is 4.74 Å². The van der Waals surface area contributed by atoms with Gasteiger partial charge in [-0.25, -0.2) is 13.6 Å². The number of carbonyl (C=O) groups excluding carboxylic acids is 1. The van der Waals surface area contributed by atoms with Gasteiger partial charge < -0.3 is 4.74 Å². The van der Waals surface area contributed by atoms with E-state index in [9.17, 15) is 13.6 Å². The molecule has 0 atom stereocenters. The second-order valence-electron chi connectivity index (χ2n) is 4.23. The molecule has 100 valence electrons. The van der Waals surface area contributed by atoms with Crippen LogP contribution in [0, 0.1) is 11.6 Å². The van der Waals surface area contributed by atoms with Crippen molar-refractivity contribution in [3.63, 3.8) is 0 Å². The summed E-state index contributed by atoms with van der Waals surface area (Å²) in [5.74, 6) is -2.34. The van der Waals surface area contributed by atoms with Crippen molar-refractivity contribution in [3.8, 4) is 0 Å². The number of benzene rings is 2. The highest BCUT2D eigenvalue weighted by atomic mass is 79.9. The van der Waals surface area contributed by atoms with Gasteiger partial charge in [-0.05, 0) is 35.9 Å². The summed E-state index contributed by atoms with van der Waals surface area (Å²) in [6.45, 7) is 0. The molecule has 2 aromatic carbocycles. The lowest BCUT2D eigenvalue weighted by Crippen LogP contribution is -1.98. The molecule has 2 nitrogen and oxygen atoms in total. The number of carbonyl (C=O) groups is 1. The molecule has 0 N–H and O–H groups in total. The van der Waals surface area contributed by atoms with Crippen molar-refractivity contribution in [1.29, 1.82) is 0 Å². The summed E-state index contributed by atoms with van der Waals surface area (Å²) in [5.41, 5.74) is 0.222. The van der Waals surface area contributed by atoms with Crippen LogP contribution in [0.15, 0.2) is 40.9 Å². The van der Waals surface area contributed by atoms with E-state index in [2.05, 4.69) is 15.9 Å². The molecular weight excluding hydrogens is 330 g/mol. The maximum atomic E-state index is 13.8. The van der Waals surface area contributed by atoms with E-state index in [1.54, 1.807) is 18.2 Å². The zero-order chi connectivity index (χ0) is 14.3. The lowest BCUT2D eigenvalue weighted by Gasteiger charge is -2.01. The van der Waals surface area contributed by atoms with Crippen LogP contribution in [0.4, 0.5) is 8.78 Å². The minimum absolute atomic E-state index is 0.0140. The Morgan fingerprint density at radius 3 is 2.45 bits per heavy atom. The molecule has 0 aromatic heterocycles. The van der Waals surface area contributed by atoms with Crippen molar-refractivity contribution in [2.75, 3.05) is 0 Å². The van der Waals surface area contributed by atoms with Crippen molar-refractivity contribution in [2.45, 2.75) is 0 Å². The molecule has 0 aliphatic carbocycles. The van der Waals surface area contributed by atoms with Crippen molar-refractivity contribution < 1.29 is 18.3 Å². The molecule has 0 saturated heterocycles. The average Bonchev–Trinajstić information content (AvgIpc) is 2.72. The predicted octanol–water partition coefficient (Wildman–Crippen LogP) is 4.40. The van der Waals surface area contributed by atoms with Crippen LogP contribution in [0.2, 0.25) is 0 Å². The summed E-state index contributed by atoms with van der Waals surface area (Å²) in [7, 11) is 0. The lowest BCUT2D eigenvalue weighted by molar-refractivity contribution is 0.0713. The Hall–Kier alpha value is -2.01. The first kappa shape index (κ1) is 13.0. The fourth-order valence-electron chi connectivity index (χ4n) is 2.04. The number of hydrogen-bond acceptors (Lipinski definition) is 2. The normalized spacial score (nSPS) is 15.3. The van der Waals surface area contributed by atoms with E-state index in [0.717, 1.165) is 16.6 Å². The van der Waals surface area contributed by atoms with Gasteiger partial charge in [-0.3, -0.25) is 0 Å². The molecule has 0 spiro atoms. The SMILES string of the molecule is O=C1O/C(=C\c2cccc(Br)c2)c2c(F)ccc(F)c21. The van der Waals surface area contributed by atoms with Crippen molar-refractivity contribution in [3.05, 3.63) is 69.2 Å². The first-order valence-corrected chi connectivity index (χ1v) is 6.53. The summed E-state index contributed by atoms with van der Waals surface area (Å²) >= 11 is 3.31.